The monoisotopic (exact) mass is 407 g/mol. The van der Waals surface area contributed by atoms with Crippen molar-refractivity contribution in [3.63, 3.8) is 0 Å². The zero-order valence-electron chi connectivity index (χ0n) is 15.7. The molecule has 0 saturated carbocycles. The van der Waals surface area contributed by atoms with Gasteiger partial charge in [-0.3, -0.25) is 35.3 Å². The number of carbonyl (C=O) groups excluding carboxylic acids is 3. The van der Waals surface area contributed by atoms with Gasteiger partial charge in [-0.25, -0.2) is 0 Å². The number of benzene rings is 3. The molecule has 0 unspecified atom stereocenters. The molecule has 0 heterocycles. The third kappa shape index (κ3) is 5.16. The number of nitrogens with zero attached hydrogens (tertiary/aromatic N) is 1. The van der Waals surface area contributed by atoms with E-state index in [2.05, 4.69) is 10.9 Å². The lowest BCUT2D eigenvalue weighted by atomic mass is 10.0. The van der Waals surface area contributed by atoms with Crippen molar-refractivity contribution in [2.24, 2.45) is 0 Å². The standard InChI is InChI=1S/C21H17N3O6/c25-19(22-23-21(27)15-8-10-17(11-9-15)24(28)29)13-30-20(26)12-16-6-3-5-14-4-1-2-7-18(14)16/h1-11H,12-13H2,(H,22,25)(H,23,27). The van der Waals surface area contributed by atoms with Gasteiger partial charge in [0.25, 0.3) is 17.5 Å². The first kappa shape index (κ1) is 20.5. The molecule has 0 aliphatic carbocycles. The highest BCUT2D eigenvalue weighted by atomic mass is 16.6. The minimum Gasteiger partial charge on any atom is -0.455 e. The number of rotatable bonds is 6. The first-order valence-electron chi connectivity index (χ1n) is 8.90. The molecule has 2 amide bonds. The summed E-state index contributed by atoms with van der Waals surface area (Å²) in [5.41, 5.74) is 5.01. The molecule has 9 heteroatoms. The third-order valence-electron chi connectivity index (χ3n) is 4.23. The zero-order chi connectivity index (χ0) is 21.5. The molecule has 0 radical (unpaired) electrons. The average molecular weight is 407 g/mol. The summed E-state index contributed by atoms with van der Waals surface area (Å²) < 4.78 is 4.96. The largest absolute Gasteiger partial charge is 0.455 e. The number of hydrogen-bond donors (Lipinski definition) is 2. The maximum absolute atomic E-state index is 12.1. The fourth-order valence-corrected chi connectivity index (χ4v) is 2.77. The summed E-state index contributed by atoms with van der Waals surface area (Å²) in [6.07, 6.45) is 0.00376. The maximum Gasteiger partial charge on any atom is 0.310 e. The topological polar surface area (TPSA) is 128 Å². The predicted octanol–water partition coefficient (Wildman–Crippen LogP) is 2.29. The van der Waals surface area contributed by atoms with Crippen LogP contribution in [-0.2, 0) is 20.7 Å². The molecule has 3 rings (SSSR count). The number of nitro groups is 1. The SMILES string of the molecule is O=C(COC(=O)Cc1cccc2ccccc12)NNC(=O)c1ccc([N+](=O)[O-])cc1. The molecule has 3 aromatic rings. The number of non-ortho nitro benzene ring substituents is 1. The molecule has 0 saturated heterocycles. The molecule has 0 aliphatic rings. The van der Waals surface area contributed by atoms with E-state index in [1.165, 1.54) is 24.3 Å². The summed E-state index contributed by atoms with van der Waals surface area (Å²) in [5, 5.41) is 12.5. The van der Waals surface area contributed by atoms with Crippen molar-refractivity contribution in [1.82, 2.24) is 10.9 Å². The lowest BCUT2D eigenvalue weighted by Gasteiger charge is -2.09. The molecule has 0 bridgehead atoms. The summed E-state index contributed by atoms with van der Waals surface area (Å²) in [6.45, 7) is -0.565. The minimum absolute atomic E-state index is 0.00376. The van der Waals surface area contributed by atoms with Crippen molar-refractivity contribution in [3.05, 3.63) is 88.0 Å². The zero-order valence-corrected chi connectivity index (χ0v) is 15.7. The second-order valence-electron chi connectivity index (χ2n) is 6.28. The third-order valence-corrected chi connectivity index (χ3v) is 4.23. The quantitative estimate of drug-likeness (QED) is 0.367. The van der Waals surface area contributed by atoms with Crippen LogP contribution < -0.4 is 10.9 Å². The minimum atomic E-state index is -0.725. The van der Waals surface area contributed by atoms with Crippen molar-refractivity contribution >= 4 is 34.2 Å². The number of nitrogens with one attached hydrogen (secondary N) is 2. The van der Waals surface area contributed by atoms with Crippen LogP contribution in [0.25, 0.3) is 10.8 Å². The van der Waals surface area contributed by atoms with Gasteiger partial charge < -0.3 is 4.74 Å². The fraction of sp³-hybridized carbons (Fsp3) is 0.0952. The number of amides is 2. The molecule has 0 atom stereocenters. The molecule has 0 aliphatic heterocycles. The number of fused-ring (bicyclic) bond motifs is 1. The number of hydrazine groups is 1. The van der Waals surface area contributed by atoms with Gasteiger partial charge in [0.2, 0.25) is 0 Å². The van der Waals surface area contributed by atoms with E-state index in [-0.39, 0.29) is 17.7 Å². The number of carbonyl (C=O) groups is 3. The maximum atomic E-state index is 12.1. The van der Waals surface area contributed by atoms with E-state index in [4.69, 9.17) is 4.74 Å². The molecule has 30 heavy (non-hydrogen) atoms. The van der Waals surface area contributed by atoms with Crippen molar-refractivity contribution in [2.45, 2.75) is 6.42 Å². The van der Waals surface area contributed by atoms with Crippen molar-refractivity contribution in [3.8, 4) is 0 Å². The van der Waals surface area contributed by atoms with E-state index in [0.717, 1.165) is 16.3 Å². The summed E-state index contributed by atoms with van der Waals surface area (Å²) in [4.78, 5) is 45.8. The Bertz CT molecular complexity index is 1110. The highest BCUT2D eigenvalue weighted by molar-refractivity contribution is 5.96. The fourth-order valence-electron chi connectivity index (χ4n) is 2.77. The van der Waals surface area contributed by atoms with Crippen molar-refractivity contribution in [1.29, 1.82) is 0 Å². The number of nitro benzene ring substituents is 1. The van der Waals surface area contributed by atoms with Crippen LogP contribution in [0, 0.1) is 10.1 Å². The molecule has 0 fully saturated rings. The lowest BCUT2D eigenvalue weighted by Crippen LogP contribution is -2.43. The highest BCUT2D eigenvalue weighted by Gasteiger charge is 2.13. The summed E-state index contributed by atoms with van der Waals surface area (Å²) >= 11 is 0. The van der Waals surface area contributed by atoms with E-state index in [1.807, 2.05) is 42.5 Å². The van der Waals surface area contributed by atoms with Gasteiger partial charge in [0.05, 0.1) is 11.3 Å². The second kappa shape index (κ2) is 9.28. The van der Waals surface area contributed by atoms with Gasteiger partial charge in [-0.1, -0.05) is 42.5 Å². The summed E-state index contributed by atoms with van der Waals surface area (Å²) in [6, 6.07) is 18.1. The number of ether oxygens (including phenoxy) is 1. The number of hydrogen-bond acceptors (Lipinski definition) is 6. The van der Waals surface area contributed by atoms with Gasteiger partial charge in [0.1, 0.15) is 0 Å². The Morgan fingerprint density at radius 1 is 0.900 bits per heavy atom. The predicted molar refractivity (Wildman–Crippen MR) is 107 cm³/mol. The molecule has 0 aromatic heterocycles. The molecule has 152 valence electrons. The molecule has 0 spiro atoms. The van der Waals surface area contributed by atoms with Crippen LogP contribution in [0.2, 0.25) is 0 Å². The Morgan fingerprint density at radius 3 is 2.33 bits per heavy atom. The van der Waals surface area contributed by atoms with Gasteiger partial charge in [-0.05, 0) is 28.5 Å². The van der Waals surface area contributed by atoms with Gasteiger partial charge in [-0.15, -0.1) is 0 Å². The van der Waals surface area contributed by atoms with Crippen LogP contribution in [-0.4, -0.2) is 29.3 Å². The Kier molecular flexibility index (Phi) is 6.33. The van der Waals surface area contributed by atoms with Crippen molar-refractivity contribution < 1.29 is 24.0 Å². The Morgan fingerprint density at radius 2 is 1.60 bits per heavy atom. The van der Waals surface area contributed by atoms with Crippen LogP contribution in [0.1, 0.15) is 15.9 Å². The molecule has 3 aromatic carbocycles. The molecule has 9 nitrogen and oxygen atoms in total. The summed E-state index contributed by atoms with van der Waals surface area (Å²) in [7, 11) is 0. The van der Waals surface area contributed by atoms with Crippen LogP contribution in [0.3, 0.4) is 0 Å². The lowest BCUT2D eigenvalue weighted by molar-refractivity contribution is -0.384. The Balaban J connectivity index is 1.46. The van der Waals surface area contributed by atoms with E-state index < -0.39 is 29.3 Å². The van der Waals surface area contributed by atoms with E-state index in [9.17, 15) is 24.5 Å². The van der Waals surface area contributed by atoms with E-state index >= 15 is 0 Å². The smallest absolute Gasteiger partial charge is 0.310 e. The first-order chi connectivity index (χ1) is 14.4. The van der Waals surface area contributed by atoms with Crippen LogP contribution in [0.5, 0.6) is 0 Å². The highest BCUT2D eigenvalue weighted by Crippen LogP contribution is 2.19. The van der Waals surface area contributed by atoms with E-state index in [0.29, 0.717) is 0 Å². The molecular weight excluding hydrogens is 390 g/mol. The van der Waals surface area contributed by atoms with Gasteiger partial charge >= 0.3 is 5.97 Å². The van der Waals surface area contributed by atoms with Gasteiger partial charge in [0, 0.05) is 17.7 Å². The van der Waals surface area contributed by atoms with Crippen LogP contribution >= 0.6 is 0 Å². The normalized spacial score (nSPS) is 10.3. The van der Waals surface area contributed by atoms with Gasteiger partial charge in [-0.2, -0.15) is 0 Å². The van der Waals surface area contributed by atoms with E-state index in [1.54, 1.807) is 0 Å². The average Bonchev–Trinajstić information content (AvgIpc) is 2.76. The number of esters is 1. The summed E-state index contributed by atoms with van der Waals surface area (Å²) in [5.74, 6) is -1.97. The van der Waals surface area contributed by atoms with Crippen LogP contribution in [0.4, 0.5) is 5.69 Å². The Hall–Kier alpha value is -4.27. The Labute approximate surface area is 170 Å². The molecular formula is C21H17N3O6. The van der Waals surface area contributed by atoms with Crippen molar-refractivity contribution in [2.75, 3.05) is 6.61 Å². The second-order valence-corrected chi connectivity index (χ2v) is 6.28. The van der Waals surface area contributed by atoms with Crippen LogP contribution in [0.15, 0.2) is 66.7 Å². The van der Waals surface area contributed by atoms with Gasteiger partial charge in [0.15, 0.2) is 6.61 Å². The molecule has 2 N–H and O–H groups in total. The first-order valence-corrected chi connectivity index (χ1v) is 8.90.